The number of ether oxygens (including phenoxy) is 1. The average molecular weight is 265 g/mol. The van der Waals surface area contributed by atoms with E-state index in [-0.39, 0.29) is 5.56 Å². The largest absolute Gasteiger partial charge is 0.478 e. The van der Waals surface area contributed by atoms with E-state index in [0.717, 1.165) is 32.6 Å². The molecule has 0 aromatic carbocycles. The summed E-state index contributed by atoms with van der Waals surface area (Å²) in [5, 5.41) is 8.87. The Morgan fingerprint density at radius 1 is 1.68 bits per heavy atom. The molecule has 0 radical (unpaired) electrons. The van der Waals surface area contributed by atoms with Gasteiger partial charge in [-0.1, -0.05) is 0 Å². The summed E-state index contributed by atoms with van der Waals surface area (Å²) in [5.41, 5.74) is 6.36. The van der Waals surface area contributed by atoms with Crippen LogP contribution < -0.4 is 10.6 Å². The maximum Gasteiger partial charge on any atom is 0.337 e. The van der Waals surface area contributed by atoms with E-state index < -0.39 is 5.97 Å². The summed E-state index contributed by atoms with van der Waals surface area (Å²) >= 11 is 0. The number of carboxylic acids is 1. The molecule has 0 spiro atoms. The van der Waals surface area contributed by atoms with Gasteiger partial charge >= 0.3 is 5.97 Å². The van der Waals surface area contributed by atoms with Crippen molar-refractivity contribution >= 4 is 17.5 Å². The predicted molar refractivity (Wildman–Crippen MR) is 72.4 cm³/mol. The standard InChI is InChI=1S/C13H19N3O3/c1-16(7-9-3-2-4-19-8-9)12-11(14)5-10(6-15-12)13(17)18/h5-6,9H,2-4,7-8,14H2,1H3,(H,17,18). The molecule has 0 amide bonds. The highest BCUT2D eigenvalue weighted by molar-refractivity contribution is 5.89. The van der Waals surface area contributed by atoms with E-state index in [2.05, 4.69) is 4.98 Å². The molecule has 1 aromatic rings. The van der Waals surface area contributed by atoms with Gasteiger partial charge in [-0.15, -0.1) is 0 Å². The topological polar surface area (TPSA) is 88.7 Å². The number of nitrogens with two attached hydrogens (primary N) is 1. The summed E-state index contributed by atoms with van der Waals surface area (Å²) in [5.74, 6) is 0.0729. The molecule has 1 aliphatic rings. The lowest BCUT2D eigenvalue weighted by Crippen LogP contribution is -2.31. The zero-order valence-electron chi connectivity index (χ0n) is 11.0. The number of nitrogens with zero attached hydrogens (tertiary/aromatic N) is 2. The average Bonchev–Trinajstić information content (AvgIpc) is 2.39. The van der Waals surface area contributed by atoms with Gasteiger partial charge in [0.25, 0.3) is 0 Å². The highest BCUT2D eigenvalue weighted by Crippen LogP contribution is 2.23. The molecule has 0 saturated carbocycles. The fourth-order valence-electron chi connectivity index (χ4n) is 2.34. The van der Waals surface area contributed by atoms with Crippen LogP contribution in [0.4, 0.5) is 11.5 Å². The van der Waals surface area contributed by atoms with Gasteiger partial charge in [-0.25, -0.2) is 9.78 Å². The Balaban J connectivity index is 2.05. The Kier molecular flexibility index (Phi) is 4.21. The van der Waals surface area contributed by atoms with Crippen molar-refractivity contribution in [1.29, 1.82) is 0 Å². The SMILES string of the molecule is CN(CC1CCCOC1)c1ncc(C(=O)O)cc1N. The van der Waals surface area contributed by atoms with Crippen LogP contribution in [-0.4, -0.2) is 42.9 Å². The predicted octanol–water partition coefficient (Wildman–Crippen LogP) is 1.22. The number of anilines is 2. The van der Waals surface area contributed by atoms with Gasteiger partial charge in [-0.2, -0.15) is 0 Å². The maximum atomic E-state index is 10.8. The number of rotatable bonds is 4. The molecule has 6 heteroatoms. The monoisotopic (exact) mass is 265 g/mol. The molecule has 1 aromatic heterocycles. The lowest BCUT2D eigenvalue weighted by atomic mass is 10.0. The molecule has 1 fully saturated rings. The summed E-state index contributed by atoms with van der Waals surface area (Å²) < 4.78 is 5.44. The Bertz CT molecular complexity index is 458. The van der Waals surface area contributed by atoms with Gasteiger partial charge < -0.3 is 20.5 Å². The molecule has 1 unspecified atom stereocenters. The molecule has 1 saturated heterocycles. The van der Waals surface area contributed by atoms with Gasteiger partial charge in [0.15, 0.2) is 5.82 Å². The first kappa shape index (κ1) is 13.6. The summed E-state index contributed by atoms with van der Waals surface area (Å²) in [7, 11) is 1.91. The van der Waals surface area contributed by atoms with Crippen LogP contribution in [0.5, 0.6) is 0 Å². The normalized spacial score (nSPS) is 19.1. The zero-order chi connectivity index (χ0) is 13.8. The summed E-state index contributed by atoms with van der Waals surface area (Å²) in [6.07, 6.45) is 3.55. The van der Waals surface area contributed by atoms with Crippen molar-refractivity contribution in [1.82, 2.24) is 4.98 Å². The van der Waals surface area contributed by atoms with Crippen LogP contribution in [-0.2, 0) is 4.74 Å². The molecular weight excluding hydrogens is 246 g/mol. The van der Waals surface area contributed by atoms with Crippen molar-refractivity contribution in [2.24, 2.45) is 5.92 Å². The minimum atomic E-state index is -1.02. The Morgan fingerprint density at radius 3 is 3.05 bits per heavy atom. The number of hydrogen-bond donors (Lipinski definition) is 2. The van der Waals surface area contributed by atoms with Crippen LogP contribution in [0.15, 0.2) is 12.3 Å². The van der Waals surface area contributed by atoms with Gasteiger partial charge in [-0.05, 0) is 24.8 Å². The third-order valence-electron chi connectivity index (χ3n) is 3.29. The highest BCUT2D eigenvalue weighted by Gasteiger charge is 2.18. The van der Waals surface area contributed by atoms with Crippen molar-refractivity contribution in [3.63, 3.8) is 0 Å². The molecule has 19 heavy (non-hydrogen) atoms. The van der Waals surface area contributed by atoms with Crippen LogP contribution in [0.25, 0.3) is 0 Å². The van der Waals surface area contributed by atoms with E-state index in [0.29, 0.717) is 17.4 Å². The molecule has 1 aliphatic heterocycles. The van der Waals surface area contributed by atoms with E-state index >= 15 is 0 Å². The number of aromatic nitrogens is 1. The molecule has 2 rings (SSSR count). The maximum absolute atomic E-state index is 10.8. The molecule has 3 N–H and O–H groups in total. The third-order valence-corrected chi connectivity index (χ3v) is 3.29. The molecule has 104 valence electrons. The quantitative estimate of drug-likeness (QED) is 0.851. The van der Waals surface area contributed by atoms with Crippen LogP contribution in [0.3, 0.4) is 0 Å². The summed E-state index contributed by atoms with van der Waals surface area (Å²) in [4.78, 5) is 16.9. The van der Waals surface area contributed by atoms with Crippen molar-refractivity contribution in [2.45, 2.75) is 12.8 Å². The number of carbonyl (C=O) groups is 1. The van der Waals surface area contributed by atoms with E-state index in [1.807, 2.05) is 11.9 Å². The number of aromatic carboxylic acids is 1. The highest BCUT2D eigenvalue weighted by atomic mass is 16.5. The number of nitrogen functional groups attached to an aromatic ring is 1. The lowest BCUT2D eigenvalue weighted by Gasteiger charge is -2.28. The van der Waals surface area contributed by atoms with Crippen LogP contribution in [0, 0.1) is 5.92 Å². The van der Waals surface area contributed by atoms with Crippen molar-refractivity contribution in [3.8, 4) is 0 Å². The fourth-order valence-corrected chi connectivity index (χ4v) is 2.34. The van der Waals surface area contributed by atoms with Crippen LogP contribution in [0.1, 0.15) is 23.2 Å². The fraction of sp³-hybridized carbons (Fsp3) is 0.538. The summed E-state index contributed by atoms with van der Waals surface area (Å²) in [6, 6.07) is 1.44. The molecule has 6 nitrogen and oxygen atoms in total. The first-order chi connectivity index (χ1) is 9.08. The lowest BCUT2D eigenvalue weighted by molar-refractivity contribution is 0.0576. The number of pyridine rings is 1. The van der Waals surface area contributed by atoms with Gasteiger partial charge in [0.05, 0.1) is 17.9 Å². The Hall–Kier alpha value is -1.82. The number of carboxylic acid groups (broad SMARTS) is 1. The third kappa shape index (κ3) is 3.35. The van der Waals surface area contributed by atoms with E-state index in [1.54, 1.807) is 0 Å². The van der Waals surface area contributed by atoms with Gasteiger partial charge in [-0.3, -0.25) is 0 Å². The van der Waals surface area contributed by atoms with E-state index in [9.17, 15) is 4.79 Å². The molecule has 2 heterocycles. The molecule has 1 atom stereocenters. The smallest absolute Gasteiger partial charge is 0.337 e. The van der Waals surface area contributed by atoms with Crippen LogP contribution in [0.2, 0.25) is 0 Å². The first-order valence-corrected chi connectivity index (χ1v) is 6.35. The van der Waals surface area contributed by atoms with Crippen molar-refractivity contribution in [3.05, 3.63) is 17.8 Å². The van der Waals surface area contributed by atoms with Gasteiger partial charge in [0, 0.05) is 26.4 Å². The Morgan fingerprint density at radius 2 is 2.47 bits per heavy atom. The van der Waals surface area contributed by atoms with E-state index in [1.165, 1.54) is 12.3 Å². The van der Waals surface area contributed by atoms with Crippen LogP contribution >= 0.6 is 0 Å². The van der Waals surface area contributed by atoms with Crippen molar-refractivity contribution in [2.75, 3.05) is 37.4 Å². The molecular formula is C13H19N3O3. The second kappa shape index (κ2) is 5.88. The molecule has 0 aliphatic carbocycles. The second-order valence-corrected chi connectivity index (χ2v) is 4.91. The van der Waals surface area contributed by atoms with Gasteiger partial charge in [0.1, 0.15) is 0 Å². The molecule has 0 bridgehead atoms. The Labute approximate surface area is 112 Å². The second-order valence-electron chi connectivity index (χ2n) is 4.91. The van der Waals surface area contributed by atoms with E-state index in [4.69, 9.17) is 15.6 Å². The van der Waals surface area contributed by atoms with Crippen molar-refractivity contribution < 1.29 is 14.6 Å². The minimum Gasteiger partial charge on any atom is -0.478 e. The minimum absolute atomic E-state index is 0.107. The summed E-state index contributed by atoms with van der Waals surface area (Å²) in [6.45, 7) is 2.41. The van der Waals surface area contributed by atoms with Gasteiger partial charge in [0.2, 0.25) is 0 Å². The first-order valence-electron chi connectivity index (χ1n) is 6.35. The zero-order valence-corrected chi connectivity index (χ0v) is 11.0. The number of hydrogen-bond acceptors (Lipinski definition) is 5.